The number of methoxy groups -OCH3 is 1. The first-order valence-corrected chi connectivity index (χ1v) is 5.19. The van der Waals surface area contributed by atoms with Gasteiger partial charge in [0, 0.05) is 6.54 Å². The van der Waals surface area contributed by atoms with Gasteiger partial charge in [-0.05, 0) is 13.0 Å². The Morgan fingerprint density at radius 3 is 3.07 bits per heavy atom. The van der Waals surface area contributed by atoms with Crippen molar-refractivity contribution in [2.75, 3.05) is 33.4 Å². The molecule has 1 heterocycles. The van der Waals surface area contributed by atoms with E-state index in [1.54, 1.807) is 0 Å². The fourth-order valence-electron chi connectivity index (χ4n) is 1.62. The third kappa shape index (κ3) is 2.96. The van der Waals surface area contributed by atoms with Crippen molar-refractivity contribution < 1.29 is 14.3 Å². The molecular formula is C10H19NO3. The molecule has 0 saturated carbocycles. The predicted octanol–water partition coefficient (Wildman–Crippen LogP) is 0.660. The van der Waals surface area contributed by atoms with Gasteiger partial charge < -0.3 is 9.47 Å². The Hall–Kier alpha value is -0.610. The molecule has 1 saturated heterocycles. The summed E-state index contributed by atoms with van der Waals surface area (Å²) < 4.78 is 10.0. The fraction of sp³-hybridized carbons (Fsp3) is 0.900. The Kier molecular flexibility index (Phi) is 4.90. The minimum atomic E-state index is -0.194. The van der Waals surface area contributed by atoms with Gasteiger partial charge in [0.05, 0.1) is 20.3 Å². The van der Waals surface area contributed by atoms with Crippen molar-refractivity contribution in [3.05, 3.63) is 0 Å². The number of carbonyl (C=O) groups excluding carboxylic acids is 1. The van der Waals surface area contributed by atoms with Crippen LogP contribution in [0.2, 0.25) is 0 Å². The van der Waals surface area contributed by atoms with Crippen LogP contribution in [0.25, 0.3) is 0 Å². The zero-order valence-corrected chi connectivity index (χ0v) is 8.99. The number of carbonyl (C=O) groups is 1. The van der Waals surface area contributed by atoms with Gasteiger partial charge in [-0.1, -0.05) is 13.3 Å². The van der Waals surface area contributed by atoms with Gasteiger partial charge in [0.2, 0.25) is 0 Å². The first-order valence-electron chi connectivity index (χ1n) is 5.19. The van der Waals surface area contributed by atoms with Gasteiger partial charge in [0.15, 0.2) is 0 Å². The molecule has 4 nitrogen and oxygen atoms in total. The lowest BCUT2D eigenvalue weighted by Gasteiger charge is -2.33. The van der Waals surface area contributed by atoms with Crippen molar-refractivity contribution in [2.45, 2.75) is 25.8 Å². The molecule has 0 radical (unpaired) electrons. The van der Waals surface area contributed by atoms with Crippen LogP contribution in [0.3, 0.4) is 0 Å². The Morgan fingerprint density at radius 2 is 2.43 bits per heavy atom. The van der Waals surface area contributed by atoms with E-state index in [4.69, 9.17) is 9.47 Å². The topological polar surface area (TPSA) is 38.8 Å². The highest BCUT2D eigenvalue weighted by atomic mass is 16.5. The normalized spacial score (nSPS) is 23.4. The van der Waals surface area contributed by atoms with E-state index in [1.807, 2.05) is 0 Å². The van der Waals surface area contributed by atoms with Crippen molar-refractivity contribution in [1.82, 2.24) is 4.90 Å². The number of hydrogen-bond acceptors (Lipinski definition) is 4. The molecule has 0 aromatic rings. The molecule has 1 unspecified atom stereocenters. The molecule has 0 aromatic heterocycles. The number of morpholine rings is 1. The van der Waals surface area contributed by atoms with E-state index < -0.39 is 0 Å². The monoisotopic (exact) mass is 201 g/mol. The predicted molar refractivity (Wildman–Crippen MR) is 53.1 cm³/mol. The van der Waals surface area contributed by atoms with Gasteiger partial charge in [-0.3, -0.25) is 9.69 Å². The number of hydrogen-bond donors (Lipinski definition) is 0. The molecule has 1 rings (SSSR count). The smallest absolute Gasteiger partial charge is 0.325 e. The second-order valence-corrected chi connectivity index (χ2v) is 3.50. The zero-order chi connectivity index (χ0) is 10.4. The van der Waals surface area contributed by atoms with Gasteiger partial charge in [-0.15, -0.1) is 0 Å². The number of nitrogens with zero attached hydrogens (tertiary/aromatic N) is 1. The molecule has 1 aliphatic rings. The lowest BCUT2D eigenvalue weighted by atomic mass is 10.2. The summed E-state index contributed by atoms with van der Waals surface area (Å²) >= 11 is 0. The summed E-state index contributed by atoms with van der Waals surface area (Å²) in [7, 11) is 1.43. The van der Waals surface area contributed by atoms with E-state index >= 15 is 0 Å². The summed E-state index contributed by atoms with van der Waals surface area (Å²) in [6.45, 7) is 5.13. The van der Waals surface area contributed by atoms with E-state index in [-0.39, 0.29) is 12.0 Å². The van der Waals surface area contributed by atoms with Gasteiger partial charge in [0.1, 0.15) is 6.04 Å². The third-order valence-electron chi connectivity index (χ3n) is 2.51. The first-order chi connectivity index (χ1) is 6.79. The minimum Gasteiger partial charge on any atom is -0.468 e. The molecule has 0 spiro atoms. The van der Waals surface area contributed by atoms with Crippen LogP contribution in [0, 0.1) is 0 Å². The van der Waals surface area contributed by atoms with Crippen LogP contribution in [0.15, 0.2) is 0 Å². The Morgan fingerprint density at radius 1 is 1.64 bits per heavy atom. The molecule has 0 N–H and O–H groups in total. The molecule has 1 atom stereocenters. The maximum absolute atomic E-state index is 11.4. The molecule has 0 aliphatic carbocycles. The van der Waals surface area contributed by atoms with Crippen LogP contribution >= 0.6 is 0 Å². The molecule has 14 heavy (non-hydrogen) atoms. The maximum atomic E-state index is 11.4. The number of unbranched alkanes of at least 4 members (excludes halogenated alkanes) is 1. The number of rotatable bonds is 4. The highest BCUT2D eigenvalue weighted by Crippen LogP contribution is 2.09. The molecular weight excluding hydrogens is 182 g/mol. The molecule has 0 aromatic carbocycles. The molecule has 0 bridgehead atoms. The van der Waals surface area contributed by atoms with Crippen LogP contribution in [-0.4, -0.2) is 50.3 Å². The van der Waals surface area contributed by atoms with E-state index in [9.17, 15) is 4.79 Å². The van der Waals surface area contributed by atoms with Crippen molar-refractivity contribution in [2.24, 2.45) is 0 Å². The SMILES string of the molecule is CCCCN1CCOCC1C(=O)OC. The average molecular weight is 201 g/mol. The van der Waals surface area contributed by atoms with Gasteiger partial charge in [0.25, 0.3) is 0 Å². The quantitative estimate of drug-likeness (QED) is 0.626. The summed E-state index contributed by atoms with van der Waals surface area (Å²) in [6.07, 6.45) is 2.26. The highest BCUT2D eigenvalue weighted by molar-refractivity contribution is 5.75. The third-order valence-corrected chi connectivity index (χ3v) is 2.51. The van der Waals surface area contributed by atoms with Gasteiger partial charge in [-0.2, -0.15) is 0 Å². The van der Waals surface area contributed by atoms with Crippen LogP contribution in [0.1, 0.15) is 19.8 Å². The van der Waals surface area contributed by atoms with Crippen molar-refractivity contribution in [3.8, 4) is 0 Å². The Balaban J connectivity index is 2.45. The molecule has 82 valence electrons. The fourth-order valence-corrected chi connectivity index (χ4v) is 1.62. The standard InChI is InChI=1S/C10H19NO3/c1-3-4-5-11-6-7-14-8-9(11)10(12)13-2/h9H,3-8H2,1-2H3. The lowest BCUT2D eigenvalue weighted by molar-refractivity contribution is -0.153. The Labute approximate surface area is 85.2 Å². The first kappa shape index (κ1) is 11.5. The summed E-state index contributed by atoms with van der Waals surface area (Å²) in [5.41, 5.74) is 0. The van der Waals surface area contributed by atoms with Crippen LogP contribution < -0.4 is 0 Å². The molecule has 1 aliphatic heterocycles. The van der Waals surface area contributed by atoms with Crippen LogP contribution in [0.5, 0.6) is 0 Å². The average Bonchev–Trinajstić information content (AvgIpc) is 2.25. The summed E-state index contributed by atoms with van der Waals surface area (Å²) in [6, 6.07) is -0.194. The summed E-state index contributed by atoms with van der Waals surface area (Å²) in [5, 5.41) is 0. The van der Waals surface area contributed by atoms with Crippen LogP contribution in [-0.2, 0) is 14.3 Å². The largest absolute Gasteiger partial charge is 0.468 e. The van der Waals surface area contributed by atoms with E-state index in [0.717, 1.165) is 32.5 Å². The van der Waals surface area contributed by atoms with Crippen LogP contribution in [0.4, 0.5) is 0 Å². The Bertz CT molecular complexity index is 184. The lowest BCUT2D eigenvalue weighted by Crippen LogP contribution is -2.50. The highest BCUT2D eigenvalue weighted by Gasteiger charge is 2.29. The van der Waals surface area contributed by atoms with Crippen molar-refractivity contribution in [1.29, 1.82) is 0 Å². The van der Waals surface area contributed by atoms with Crippen molar-refractivity contribution in [3.63, 3.8) is 0 Å². The summed E-state index contributed by atoms with van der Waals surface area (Å²) in [5.74, 6) is -0.180. The molecule has 4 heteroatoms. The molecule has 0 amide bonds. The molecule has 1 fully saturated rings. The maximum Gasteiger partial charge on any atom is 0.325 e. The van der Waals surface area contributed by atoms with E-state index in [2.05, 4.69) is 11.8 Å². The zero-order valence-electron chi connectivity index (χ0n) is 8.99. The second kappa shape index (κ2) is 5.98. The van der Waals surface area contributed by atoms with Crippen molar-refractivity contribution >= 4 is 5.97 Å². The van der Waals surface area contributed by atoms with E-state index in [1.165, 1.54) is 7.11 Å². The number of ether oxygens (including phenoxy) is 2. The number of esters is 1. The van der Waals surface area contributed by atoms with Gasteiger partial charge in [-0.25, -0.2) is 0 Å². The second-order valence-electron chi connectivity index (χ2n) is 3.50. The van der Waals surface area contributed by atoms with Gasteiger partial charge >= 0.3 is 5.97 Å². The van der Waals surface area contributed by atoms with E-state index in [0.29, 0.717) is 6.61 Å². The summed E-state index contributed by atoms with van der Waals surface area (Å²) in [4.78, 5) is 13.5. The minimum absolute atomic E-state index is 0.180.